The fourth-order valence-corrected chi connectivity index (χ4v) is 1.40. The molecule has 0 amide bonds. The summed E-state index contributed by atoms with van der Waals surface area (Å²) in [6, 6.07) is 7.17. The fourth-order valence-electron chi connectivity index (χ4n) is 0.836. The summed E-state index contributed by atoms with van der Waals surface area (Å²) in [4.78, 5) is 0. The van der Waals surface area contributed by atoms with Gasteiger partial charge in [0.1, 0.15) is 7.85 Å². The van der Waals surface area contributed by atoms with Crippen molar-refractivity contribution in [2.24, 2.45) is 0 Å². The fraction of sp³-hybridized carbons (Fsp3) is 0.143. The third-order valence-electron chi connectivity index (χ3n) is 1.35. The summed E-state index contributed by atoms with van der Waals surface area (Å²) in [5, 5.41) is 0. The van der Waals surface area contributed by atoms with E-state index in [-0.39, 0.29) is 0 Å². The SMILES string of the molecule is Bc1ccc(NS(C)(=O)=O)cc1. The van der Waals surface area contributed by atoms with Crippen molar-refractivity contribution in [1.29, 1.82) is 0 Å². The minimum atomic E-state index is -3.14. The van der Waals surface area contributed by atoms with Crippen molar-refractivity contribution in [1.82, 2.24) is 0 Å². The molecule has 1 aromatic rings. The van der Waals surface area contributed by atoms with Crippen LogP contribution in [0.1, 0.15) is 0 Å². The lowest BCUT2D eigenvalue weighted by Crippen LogP contribution is -2.10. The highest BCUT2D eigenvalue weighted by Crippen LogP contribution is 2.04. The van der Waals surface area contributed by atoms with Crippen LogP contribution in [0.3, 0.4) is 0 Å². The van der Waals surface area contributed by atoms with Gasteiger partial charge in [-0.05, 0) is 12.1 Å². The molecule has 12 heavy (non-hydrogen) atoms. The van der Waals surface area contributed by atoms with Crippen LogP contribution in [0.5, 0.6) is 0 Å². The number of hydrogen-bond donors (Lipinski definition) is 1. The lowest BCUT2D eigenvalue weighted by atomic mass is 9.96. The van der Waals surface area contributed by atoms with Gasteiger partial charge in [-0.25, -0.2) is 8.42 Å². The summed E-state index contributed by atoms with van der Waals surface area (Å²) in [5.74, 6) is 0. The summed E-state index contributed by atoms with van der Waals surface area (Å²) in [6.45, 7) is 0. The Labute approximate surface area is 73.3 Å². The van der Waals surface area contributed by atoms with Crippen LogP contribution in [0.4, 0.5) is 5.69 Å². The zero-order chi connectivity index (χ0) is 9.19. The van der Waals surface area contributed by atoms with Crippen LogP contribution >= 0.6 is 0 Å². The molecular weight excluding hydrogens is 173 g/mol. The number of anilines is 1. The third kappa shape index (κ3) is 2.96. The molecule has 0 aliphatic rings. The third-order valence-corrected chi connectivity index (χ3v) is 1.96. The average Bonchev–Trinajstić information content (AvgIpc) is 1.91. The molecule has 0 saturated carbocycles. The van der Waals surface area contributed by atoms with Gasteiger partial charge < -0.3 is 0 Å². The zero-order valence-corrected chi connectivity index (χ0v) is 7.85. The van der Waals surface area contributed by atoms with E-state index in [4.69, 9.17) is 0 Å². The molecule has 0 aliphatic heterocycles. The van der Waals surface area contributed by atoms with Crippen molar-refractivity contribution < 1.29 is 8.42 Å². The summed E-state index contributed by atoms with van der Waals surface area (Å²) in [5.41, 5.74) is 1.71. The smallest absolute Gasteiger partial charge is 0.229 e. The minimum absolute atomic E-state index is 0.600. The topological polar surface area (TPSA) is 46.2 Å². The Balaban J connectivity index is 2.85. The maximum absolute atomic E-state index is 10.8. The number of hydrogen-bond acceptors (Lipinski definition) is 2. The Morgan fingerprint density at radius 2 is 1.75 bits per heavy atom. The molecule has 0 unspecified atom stereocenters. The molecule has 0 radical (unpaired) electrons. The van der Waals surface area contributed by atoms with Crippen molar-refractivity contribution in [3.05, 3.63) is 24.3 Å². The van der Waals surface area contributed by atoms with Crippen LogP contribution in [-0.4, -0.2) is 22.5 Å². The highest BCUT2D eigenvalue weighted by atomic mass is 32.2. The maximum atomic E-state index is 10.8. The summed E-state index contributed by atoms with van der Waals surface area (Å²) >= 11 is 0. The van der Waals surface area contributed by atoms with Crippen molar-refractivity contribution in [3.8, 4) is 0 Å². The molecule has 0 bridgehead atoms. The second-order valence-corrected chi connectivity index (χ2v) is 4.49. The summed E-state index contributed by atoms with van der Waals surface area (Å²) in [6.07, 6.45) is 1.13. The lowest BCUT2D eigenvalue weighted by Gasteiger charge is -2.02. The Morgan fingerprint density at radius 1 is 1.25 bits per heavy atom. The van der Waals surface area contributed by atoms with Gasteiger partial charge in [-0.1, -0.05) is 17.6 Å². The van der Waals surface area contributed by atoms with Gasteiger partial charge in [-0.3, -0.25) is 4.72 Å². The number of sulfonamides is 1. The van der Waals surface area contributed by atoms with Gasteiger partial charge in [-0.15, -0.1) is 0 Å². The van der Waals surface area contributed by atoms with Gasteiger partial charge in [0.2, 0.25) is 10.0 Å². The Hall–Kier alpha value is -0.965. The zero-order valence-electron chi connectivity index (χ0n) is 7.03. The van der Waals surface area contributed by atoms with E-state index in [0.717, 1.165) is 11.7 Å². The molecule has 0 spiro atoms. The largest absolute Gasteiger partial charge is 0.284 e. The molecule has 3 nitrogen and oxygen atoms in total. The first-order chi connectivity index (χ1) is 5.47. The van der Waals surface area contributed by atoms with Gasteiger partial charge in [0.05, 0.1) is 6.26 Å². The standard InChI is InChI=1S/C7H10BNO2S/c1-12(10,11)9-7-4-2-6(8)3-5-7/h2-5,9H,8H2,1H3. The van der Waals surface area contributed by atoms with E-state index < -0.39 is 10.0 Å². The summed E-state index contributed by atoms with van der Waals surface area (Å²) < 4.78 is 23.9. The molecule has 0 fully saturated rings. The molecule has 5 heteroatoms. The Morgan fingerprint density at radius 3 is 2.17 bits per heavy atom. The average molecular weight is 183 g/mol. The van der Waals surface area contributed by atoms with Gasteiger partial charge in [0.25, 0.3) is 0 Å². The first-order valence-corrected chi connectivity index (χ1v) is 5.41. The van der Waals surface area contributed by atoms with E-state index in [1.54, 1.807) is 12.1 Å². The number of nitrogens with one attached hydrogen (secondary N) is 1. The van der Waals surface area contributed by atoms with Crippen molar-refractivity contribution >= 4 is 29.0 Å². The van der Waals surface area contributed by atoms with Crippen LogP contribution in [-0.2, 0) is 10.0 Å². The normalized spacial score (nSPS) is 11.1. The Kier molecular flexibility index (Phi) is 2.42. The molecule has 1 aromatic carbocycles. The molecule has 0 heterocycles. The van der Waals surface area contributed by atoms with E-state index >= 15 is 0 Å². The van der Waals surface area contributed by atoms with Crippen molar-refractivity contribution in [2.75, 3.05) is 11.0 Å². The van der Waals surface area contributed by atoms with Crippen LogP contribution in [0, 0.1) is 0 Å². The monoisotopic (exact) mass is 183 g/mol. The Bertz CT molecular complexity index is 357. The second kappa shape index (κ2) is 3.19. The van der Waals surface area contributed by atoms with Crippen LogP contribution in [0.15, 0.2) is 24.3 Å². The number of rotatable bonds is 2. The summed E-state index contributed by atoms with van der Waals surface area (Å²) in [7, 11) is -1.19. The van der Waals surface area contributed by atoms with E-state index in [1.165, 1.54) is 0 Å². The second-order valence-electron chi connectivity index (χ2n) is 2.74. The van der Waals surface area contributed by atoms with E-state index in [9.17, 15) is 8.42 Å². The highest BCUT2D eigenvalue weighted by molar-refractivity contribution is 7.92. The molecule has 1 N–H and O–H groups in total. The molecule has 0 aliphatic carbocycles. The molecular formula is C7H10BNO2S. The van der Waals surface area contributed by atoms with Crippen LogP contribution < -0.4 is 10.2 Å². The highest BCUT2D eigenvalue weighted by Gasteiger charge is 1.99. The van der Waals surface area contributed by atoms with Crippen molar-refractivity contribution in [3.63, 3.8) is 0 Å². The minimum Gasteiger partial charge on any atom is -0.284 e. The first-order valence-electron chi connectivity index (χ1n) is 3.52. The van der Waals surface area contributed by atoms with Gasteiger partial charge in [-0.2, -0.15) is 0 Å². The molecule has 1 rings (SSSR count). The quantitative estimate of drug-likeness (QED) is 0.617. The lowest BCUT2D eigenvalue weighted by molar-refractivity contribution is 0.607. The maximum Gasteiger partial charge on any atom is 0.229 e. The van der Waals surface area contributed by atoms with Gasteiger partial charge in [0.15, 0.2) is 0 Å². The van der Waals surface area contributed by atoms with Gasteiger partial charge >= 0.3 is 0 Å². The van der Waals surface area contributed by atoms with E-state index in [1.807, 2.05) is 20.0 Å². The number of benzene rings is 1. The van der Waals surface area contributed by atoms with E-state index in [0.29, 0.717) is 5.69 Å². The van der Waals surface area contributed by atoms with Crippen LogP contribution in [0.2, 0.25) is 0 Å². The molecule has 0 saturated heterocycles. The van der Waals surface area contributed by atoms with Gasteiger partial charge in [0, 0.05) is 5.69 Å². The molecule has 0 atom stereocenters. The van der Waals surface area contributed by atoms with Crippen LogP contribution in [0.25, 0.3) is 0 Å². The predicted octanol–water partition coefficient (Wildman–Crippen LogP) is -0.684. The predicted molar refractivity (Wildman–Crippen MR) is 53.1 cm³/mol. The van der Waals surface area contributed by atoms with Crippen molar-refractivity contribution in [2.45, 2.75) is 0 Å². The molecule has 64 valence electrons. The van der Waals surface area contributed by atoms with E-state index in [2.05, 4.69) is 4.72 Å². The first kappa shape index (κ1) is 9.13. The molecule has 0 aromatic heterocycles.